The minimum Gasteiger partial charge on any atom is -0.454 e. The Morgan fingerprint density at radius 3 is 2.80 bits per heavy atom. The second-order valence-corrected chi connectivity index (χ2v) is 5.82. The van der Waals surface area contributed by atoms with E-state index in [1.54, 1.807) is 41.2 Å². The normalized spacial score (nSPS) is 12.2. The summed E-state index contributed by atoms with van der Waals surface area (Å²) in [6.45, 7) is 0.440. The minimum absolute atomic E-state index is 0.175. The van der Waals surface area contributed by atoms with Crippen LogP contribution in [0.4, 0.5) is 0 Å². The molecule has 8 heteroatoms. The largest absolute Gasteiger partial charge is 0.454 e. The Morgan fingerprint density at radius 2 is 1.96 bits per heavy atom. The molecule has 0 unspecified atom stereocenters. The number of amides is 1. The highest BCUT2D eigenvalue weighted by molar-refractivity contribution is 6.30. The standard InChI is InChI=1S/C17H13ClN4O3/c18-12-2-4-14(5-3-12)22-9-13(20-21-22)8-19-17(23)11-1-6-15-16(7-11)25-10-24-15/h1-7,9H,8,10H2,(H,19,23). The van der Waals surface area contributed by atoms with Gasteiger partial charge in [0.2, 0.25) is 6.79 Å². The van der Waals surface area contributed by atoms with Crippen LogP contribution in [0, 0.1) is 0 Å². The molecule has 4 rings (SSSR count). The third-order valence-electron chi connectivity index (χ3n) is 3.70. The lowest BCUT2D eigenvalue weighted by molar-refractivity contribution is 0.0950. The zero-order valence-corrected chi connectivity index (χ0v) is 13.7. The molecular weight excluding hydrogens is 344 g/mol. The maximum atomic E-state index is 12.3. The van der Waals surface area contributed by atoms with Crippen LogP contribution in [0.3, 0.4) is 0 Å². The third kappa shape index (κ3) is 3.27. The lowest BCUT2D eigenvalue weighted by atomic mass is 10.2. The van der Waals surface area contributed by atoms with Gasteiger partial charge in [-0.1, -0.05) is 16.8 Å². The van der Waals surface area contributed by atoms with Crippen LogP contribution in [-0.2, 0) is 6.54 Å². The summed E-state index contributed by atoms with van der Waals surface area (Å²) in [5.41, 5.74) is 1.98. The molecule has 0 atom stereocenters. The molecule has 3 aromatic rings. The molecule has 1 N–H and O–H groups in total. The Balaban J connectivity index is 1.41. The van der Waals surface area contributed by atoms with E-state index >= 15 is 0 Å². The van der Waals surface area contributed by atoms with Crippen LogP contribution in [0.15, 0.2) is 48.7 Å². The molecule has 0 saturated heterocycles. The highest BCUT2D eigenvalue weighted by Crippen LogP contribution is 2.32. The first kappa shape index (κ1) is 15.5. The number of aromatic nitrogens is 3. The second-order valence-electron chi connectivity index (χ2n) is 5.38. The van der Waals surface area contributed by atoms with Gasteiger partial charge in [0, 0.05) is 10.6 Å². The van der Waals surface area contributed by atoms with Crippen molar-refractivity contribution < 1.29 is 14.3 Å². The van der Waals surface area contributed by atoms with Gasteiger partial charge in [0.05, 0.1) is 18.4 Å². The molecule has 7 nitrogen and oxygen atoms in total. The second kappa shape index (κ2) is 6.45. The Labute approximate surface area is 148 Å². The van der Waals surface area contributed by atoms with Crippen LogP contribution in [-0.4, -0.2) is 27.7 Å². The smallest absolute Gasteiger partial charge is 0.251 e. The van der Waals surface area contributed by atoms with Crippen LogP contribution >= 0.6 is 11.6 Å². The monoisotopic (exact) mass is 356 g/mol. The number of hydrogen-bond acceptors (Lipinski definition) is 5. The molecule has 0 fully saturated rings. The van der Waals surface area contributed by atoms with E-state index < -0.39 is 0 Å². The van der Waals surface area contributed by atoms with Crippen molar-refractivity contribution in [3.05, 3.63) is 64.9 Å². The first-order valence-corrected chi connectivity index (χ1v) is 7.92. The van der Waals surface area contributed by atoms with Gasteiger partial charge in [0.25, 0.3) is 5.91 Å². The lowest BCUT2D eigenvalue weighted by Gasteiger charge is -2.04. The van der Waals surface area contributed by atoms with Crippen LogP contribution in [0.5, 0.6) is 11.5 Å². The molecule has 1 aliphatic heterocycles. The number of carbonyl (C=O) groups excluding carboxylic acids is 1. The predicted molar refractivity (Wildman–Crippen MR) is 90.1 cm³/mol. The van der Waals surface area contributed by atoms with E-state index in [2.05, 4.69) is 15.6 Å². The van der Waals surface area contributed by atoms with Gasteiger partial charge in [-0.15, -0.1) is 5.10 Å². The highest BCUT2D eigenvalue weighted by atomic mass is 35.5. The number of nitrogens with zero attached hydrogens (tertiary/aromatic N) is 3. The number of benzene rings is 2. The van der Waals surface area contributed by atoms with Crippen LogP contribution in [0.2, 0.25) is 5.02 Å². The van der Waals surface area contributed by atoms with E-state index in [1.807, 2.05) is 12.1 Å². The molecule has 2 aromatic carbocycles. The van der Waals surface area contributed by atoms with Crippen LogP contribution in [0.1, 0.15) is 16.1 Å². The van der Waals surface area contributed by atoms with Gasteiger partial charge in [-0.05, 0) is 42.5 Å². The van der Waals surface area contributed by atoms with Crippen molar-refractivity contribution in [3.8, 4) is 17.2 Å². The first-order chi connectivity index (χ1) is 12.2. The predicted octanol–water partition coefficient (Wildman–Crippen LogP) is 2.58. The number of hydrogen-bond donors (Lipinski definition) is 1. The van der Waals surface area contributed by atoms with E-state index in [9.17, 15) is 4.79 Å². The number of fused-ring (bicyclic) bond motifs is 1. The Hall–Kier alpha value is -3.06. The van der Waals surface area contributed by atoms with E-state index in [1.165, 1.54) is 0 Å². The summed E-state index contributed by atoms with van der Waals surface area (Å²) in [5.74, 6) is 0.989. The van der Waals surface area contributed by atoms with Crippen molar-refractivity contribution in [2.24, 2.45) is 0 Å². The molecular formula is C17H13ClN4O3. The Morgan fingerprint density at radius 1 is 1.16 bits per heavy atom. The van der Waals surface area contributed by atoms with Gasteiger partial charge in [-0.25, -0.2) is 4.68 Å². The highest BCUT2D eigenvalue weighted by Gasteiger charge is 2.16. The maximum absolute atomic E-state index is 12.3. The topological polar surface area (TPSA) is 78.3 Å². The zero-order valence-electron chi connectivity index (χ0n) is 13.0. The van der Waals surface area contributed by atoms with Crippen molar-refractivity contribution in [2.45, 2.75) is 6.54 Å². The molecule has 0 aliphatic carbocycles. The number of rotatable bonds is 4. The summed E-state index contributed by atoms with van der Waals surface area (Å²) < 4.78 is 12.1. The lowest BCUT2D eigenvalue weighted by Crippen LogP contribution is -2.22. The van der Waals surface area contributed by atoms with Crippen molar-refractivity contribution in [2.75, 3.05) is 6.79 Å². The van der Waals surface area contributed by atoms with Crippen molar-refractivity contribution in [3.63, 3.8) is 0 Å². The van der Waals surface area contributed by atoms with Gasteiger partial charge >= 0.3 is 0 Å². The first-order valence-electron chi connectivity index (χ1n) is 7.54. The van der Waals surface area contributed by atoms with Gasteiger partial charge in [0.1, 0.15) is 5.69 Å². The summed E-state index contributed by atoms with van der Waals surface area (Å²) in [7, 11) is 0. The number of nitrogens with one attached hydrogen (secondary N) is 1. The van der Waals surface area contributed by atoms with Gasteiger partial charge in [0.15, 0.2) is 11.5 Å². The van der Waals surface area contributed by atoms with E-state index in [0.717, 1.165) is 5.69 Å². The Kier molecular flexibility index (Phi) is 3.99. The van der Waals surface area contributed by atoms with Crippen molar-refractivity contribution >= 4 is 17.5 Å². The van der Waals surface area contributed by atoms with Crippen molar-refractivity contribution in [1.82, 2.24) is 20.3 Å². The molecule has 0 radical (unpaired) electrons. The van der Waals surface area contributed by atoms with Crippen molar-refractivity contribution in [1.29, 1.82) is 0 Å². The SMILES string of the molecule is O=C(NCc1cn(-c2ccc(Cl)cc2)nn1)c1ccc2c(c1)OCO2. The van der Waals surface area contributed by atoms with Gasteiger partial charge in [-0.3, -0.25) is 4.79 Å². The van der Waals surface area contributed by atoms with Crippen LogP contribution < -0.4 is 14.8 Å². The summed E-state index contributed by atoms with van der Waals surface area (Å²) in [4.78, 5) is 12.3. The number of carbonyl (C=O) groups is 1. The third-order valence-corrected chi connectivity index (χ3v) is 3.95. The molecule has 0 spiro atoms. The molecule has 25 heavy (non-hydrogen) atoms. The fourth-order valence-corrected chi connectivity index (χ4v) is 2.54. The fraction of sp³-hybridized carbons (Fsp3) is 0.118. The molecule has 1 aliphatic rings. The molecule has 1 amide bonds. The zero-order chi connectivity index (χ0) is 17.2. The number of halogens is 1. The Bertz CT molecular complexity index is 924. The van der Waals surface area contributed by atoms with E-state index in [4.69, 9.17) is 21.1 Å². The molecule has 0 bridgehead atoms. The summed E-state index contributed by atoms with van der Waals surface area (Å²) in [6.07, 6.45) is 1.75. The molecule has 0 saturated carbocycles. The maximum Gasteiger partial charge on any atom is 0.251 e. The summed E-state index contributed by atoms with van der Waals surface area (Å²) in [6, 6.07) is 12.3. The number of ether oxygens (including phenoxy) is 2. The minimum atomic E-state index is -0.223. The average molecular weight is 357 g/mol. The van der Waals surface area contributed by atoms with E-state index in [0.29, 0.717) is 27.8 Å². The van der Waals surface area contributed by atoms with Gasteiger partial charge in [-0.2, -0.15) is 0 Å². The average Bonchev–Trinajstić information content (AvgIpc) is 3.29. The van der Waals surface area contributed by atoms with Gasteiger partial charge < -0.3 is 14.8 Å². The molecule has 2 heterocycles. The summed E-state index contributed by atoms with van der Waals surface area (Å²) in [5, 5.41) is 11.6. The quantitative estimate of drug-likeness (QED) is 0.777. The molecule has 126 valence electrons. The summed E-state index contributed by atoms with van der Waals surface area (Å²) >= 11 is 5.87. The fourth-order valence-electron chi connectivity index (χ4n) is 2.41. The van der Waals surface area contributed by atoms with E-state index in [-0.39, 0.29) is 19.2 Å². The van der Waals surface area contributed by atoms with Crippen LogP contribution in [0.25, 0.3) is 5.69 Å². The molecule has 1 aromatic heterocycles.